The first-order valence-corrected chi connectivity index (χ1v) is 9.25. The van der Waals surface area contributed by atoms with Crippen LogP contribution in [0, 0.1) is 5.92 Å². The monoisotopic (exact) mass is 327 g/mol. The molecule has 0 amide bonds. The zero-order chi connectivity index (χ0) is 16.9. The van der Waals surface area contributed by atoms with Gasteiger partial charge in [-0.2, -0.15) is 5.10 Å². The van der Waals surface area contributed by atoms with Gasteiger partial charge >= 0.3 is 0 Å². The van der Waals surface area contributed by atoms with Crippen molar-refractivity contribution in [3.63, 3.8) is 0 Å². The fourth-order valence-corrected chi connectivity index (χ4v) is 3.60. The summed E-state index contributed by atoms with van der Waals surface area (Å²) in [6, 6.07) is 2.71. The first-order valence-electron chi connectivity index (χ1n) is 9.25. The summed E-state index contributed by atoms with van der Waals surface area (Å²) in [6.45, 7) is 10.1. The number of likely N-dealkylation sites (tertiary alicyclic amines) is 1. The highest BCUT2D eigenvalue weighted by Crippen LogP contribution is 2.26. The predicted octanol–water partition coefficient (Wildman–Crippen LogP) is 3.41. The van der Waals surface area contributed by atoms with E-state index in [1.54, 1.807) is 6.20 Å². The second kappa shape index (κ2) is 7.88. The Labute approximate surface area is 145 Å². The largest absolute Gasteiger partial charge is 0.301 e. The van der Waals surface area contributed by atoms with Gasteiger partial charge in [-0.1, -0.05) is 6.92 Å². The molecule has 5 nitrogen and oxygen atoms in total. The second-order valence-corrected chi connectivity index (χ2v) is 7.07. The molecule has 3 rings (SSSR count). The summed E-state index contributed by atoms with van der Waals surface area (Å²) in [7, 11) is 0. The molecule has 130 valence electrons. The van der Waals surface area contributed by atoms with Crippen LogP contribution in [-0.4, -0.2) is 43.8 Å². The number of hydrogen-bond acceptors (Lipinski definition) is 4. The molecule has 2 aromatic heterocycles. The molecule has 0 spiro atoms. The lowest BCUT2D eigenvalue weighted by Crippen LogP contribution is -2.38. The average molecular weight is 327 g/mol. The van der Waals surface area contributed by atoms with E-state index in [-0.39, 0.29) is 0 Å². The number of hydrogen-bond donors (Lipinski definition) is 0. The van der Waals surface area contributed by atoms with Crippen LogP contribution in [0.5, 0.6) is 0 Å². The Kier molecular flexibility index (Phi) is 5.61. The van der Waals surface area contributed by atoms with Gasteiger partial charge in [-0.25, -0.2) is 0 Å². The van der Waals surface area contributed by atoms with Crippen LogP contribution >= 0.6 is 0 Å². The summed E-state index contributed by atoms with van der Waals surface area (Å²) < 4.78 is 2.05. The standard InChI is InChI=1S/C19H29N5/c1-4-11-24-18(5-8-22-24)19-17(20-9-10-21-19)14-16-6-12-23(13-7-16)15(2)3/h5,8-10,15-16H,4,6-7,11-14H2,1-3H3. The third-order valence-corrected chi connectivity index (χ3v) is 5.03. The number of rotatable bonds is 6. The summed E-state index contributed by atoms with van der Waals surface area (Å²) in [5.74, 6) is 0.706. The van der Waals surface area contributed by atoms with Crippen molar-refractivity contribution in [2.75, 3.05) is 13.1 Å². The Morgan fingerprint density at radius 1 is 1.12 bits per heavy atom. The molecule has 5 heteroatoms. The summed E-state index contributed by atoms with van der Waals surface area (Å²) in [6.07, 6.45) is 10.1. The van der Waals surface area contributed by atoms with E-state index in [1.807, 2.05) is 12.4 Å². The van der Waals surface area contributed by atoms with E-state index in [9.17, 15) is 0 Å². The lowest BCUT2D eigenvalue weighted by Gasteiger charge is -2.34. The highest BCUT2D eigenvalue weighted by molar-refractivity contribution is 5.56. The quantitative estimate of drug-likeness (QED) is 0.816. The van der Waals surface area contributed by atoms with Crippen LogP contribution in [0.25, 0.3) is 11.4 Å². The normalized spacial score (nSPS) is 16.8. The van der Waals surface area contributed by atoms with E-state index < -0.39 is 0 Å². The summed E-state index contributed by atoms with van der Waals surface area (Å²) in [4.78, 5) is 11.9. The van der Waals surface area contributed by atoms with Crippen LogP contribution in [0.1, 0.15) is 45.7 Å². The predicted molar refractivity (Wildman–Crippen MR) is 96.7 cm³/mol. The van der Waals surface area contributed by atoms with Gasteiger partial charge in [-0.15, -0.1) is 0 Å². The molecule has 1 aliphatic rings. The zero-order valence-electron chi connectivity index (χ0n) is 15.1. The molecule has 0 bridgehead atoms. The Bertz CT molecular complexity index is 641. The Hall–Kier alpha value is -1.75. The molecule has 0 N–H and O–H groups in total. The van der Waals surface area contributed by atoms with Gasteiger partial charge in [0.25, 0.3) is 0 Å². The highest BCUT2D eigenvalue weighted by Gasteiger charge is 2.23. The van der Waals surface area contributed by atoms with Crippen LogP contribution in [0.4, 0.5) is 0 Å². The SMILES string of the molecule is CCCn1nccc1-c1nccnc1CC1CCN(C(C)C)CC1. The van der Waals surface area contributed by atoms with Crippen molar-refractivity contribution in [3.05, 3.63) is 30.4 Å². The molecular weight excluding hydrogens is 298 g/mol. The molecule has 0 unspecified atom stereocenters. The Morgan fingerprint density at radius 3 is 2.58 bits per heavy atom. The molecular formula is C19H29N5. The molecule has 0 saturated carbocycles. The second-order valence-electron chi connectivity index (χ2n) is 7.07. The van der Waals surface area contributed by atoms with Gasteiger partial charge < -0.3 is 4.90 Å². The van der Waals surface area contributed by atoms with Crippen LogP contribution < -0.4 is 0 Å². The molecule has 0 aromatic carbocycles. The molecule has 24 heavy (non-hydrogen) atoms. The van der Waals surface area contributed by atoms with Crippen LogP contribution in [-0.2, 0) is 13.0 Å². The van der Waals surface area contributed by atoms with Crippen molar-refractivity contribution in [2.45, 2.75) is 59.0 Å². The van der Waals surface area contributed by atoms with Crippen molar-refractivity contribution in [1.29, 1.82) is 0 Å². The fourth-order valence-electron chi connectivity index (χ4n) is 3.60. The maximum Gasteiger partial charge on any atom is 0.110 e. The van der Waals surface area contributed by atoms with E-state index in [4.69, 9.17) is 0 Å². The smallest absolute Gasteiger partial charge is 0.110 e. The number of nitrogens with zero attached hydrogens (tertiary/aromatic N) is 5. The Balaban J connectivity index is 1.74. The van der Waals surface area contributed by atoms with E-state index in [2.05, 4.69) is 51.5 Å². The third kappa shape index (κ3) is 3.83. The van der Waals surface area contributed by atoms with Crippen molar-refractivity contribution < 1.29 is 0 Å². The van der Waals surface area contributed by atoms with Gasteiger partial charge in [0.05, 0.1) is 11.4 Å². The average Bonchev–Trinajstić information content (AvgIpc) is 3.04. The first kappa shape index (κ1) is 17.1. The molecule has 0 aliphatic carbocycles. The van der Waals surface area contributed by atoms with Crippen molar-refractivity contribution in [3.8, 4) is 11.4 Å². The van der Waals surface area contributed by atoms with E-state index in [0.717, 1.165) is 36.5 Å². The fraction of sp³-hybridized carbons (Fsp3) is 0.632. The molecule has 1 fully saturated rings. The maximum absolute atomic E-state index is 4.67. The van der Waals surface area contributed by atoms with Gasteiger partial charge in [-0.3, -0.25) is 14.6 Å². The van der Waals surface area contributed by atoms with E-state index >= 15 is 0 Å². The summed E-state index contributed by atoms with van der Waals surface area (Å²) >= 11 is 0. The first-order chi connectivity index (χ1) is 11.7. The molecule has 1 saturated heterocycles. The lowest BCUT2D eigenvalue weighted by molar-refractivity contribution is 0.149. The van der Waals surface area contributed by atoms with E-state index in [1.165, 1.54) is 25.9 Å². The summed E-state index contributed by atoms with van der Waals surface area (Å²) in [5.41, 5.74) is 3.23. The van der Waals surface area contributed by atoms with Gasteiger partial charge in [0.15, 0.2) is 0 Å². The van der Waals surface area contributed by atoms with Crippen LogP contribution in [0.15, 0.2) is 24.7 Å². The van der Waals surface area contributed by atoms with Crippen LogP contribution in [0.2, 0.25) is 0 Å². The third-order valence-electron chi connectivity index (χ3n) is 5.03. The minimum absolute atomic E-state index is 0.654. The van der Waals surface area contributed by atoms with Gasteiger partial charge in [-0.05, 0) is 64.6 Å². The molecule has 0 atom stereocenters. The Morgan fingerprint density at radius 2 is 1.88 bits per heavy atom. The topological polar surface area (TPSA) is 46.8 Å². The molecule has 3 heterocycles. The number of aryl methyl sites for hydroxylation is 1. The van der Waals surface area contributed by atoms with Gasteiger partial charge in [0.2, 0.25) is 0 Å². The van der Waals surface area contributed by atoms with Crippen molar-refractivity contribution in [2.24, 2.45) is 5.92 Å². The van der Waals surface area contributed by atoms with Crippen LogP contribution in [0.3, 0.4) is 0 Å². The summed E-state index contributed by atoms with van der Waals surface area (Å²) in [5, 5.41) is 4.44. The minimum Gasteiger partial charge on any atom is -0.301 e. The molecule has 0 radical (unpaired) electrons. The van der Waals surface area contributed by atoms with Crippen molar-refractivity contribution >= 4 is 0 Å². The minimum atomic E-state index is 0.654. The van der Waals surface area contributed by atoms with Crippen molar-refractivity contribution in [1.82, 2.24) is 24.6 Å². The number of piperidine rings is 1. The van der Waals surface area contributed by atoms with E-state index in [0.29, 0.717) is 12.0 Å². The van der Waals surface area contributed by atoms with Gasteiger partial charge in [0.1, 0.15) is 5.69 Å². The zero-order valence-corrected chi connectivity index (χ0v) is 15.1. The highest BCUT2D eigenvalue weighted by atomic mass is 15.3. The maximum atomic E-state index is 4.67. The molecule has 1 aliphatic heterocycles. The van der Waals surface area contributed by atoms with Gasteiger partial charge in [0, 0.05) is 31.2 Å². The number of aromatic nitrogens is 4. The molecule has 2 aromatic rings. The lowest BCUT2D eigenvalue weighted by atomic mass is 9.90.